The Balaban J connectivity index is 1.37. The van der Waals surface area contributed by atoms with Gasteiger partial charge in [0.1, 0.15) is 11.3 Å². The lowest BCUT2D eigenvalue weighted by Gasteiger charge is -2.19. The highest BCUT2D eigenvalue weighted by Crippen LogP contribution is 2.46. The first-order valence-electron chi connectivity index (χ1n) is 11.5. The lowest BCUT2D eigenvalue weighted by Crippen LogP contribution is -2.21. The summed E-state index contributed by atoms with van der Waals surface area (Å²) in [5.41, 5.74) is 3.16. The highest BCUT2D eigenvalue weighted by atomic mass is 19.4. The summed E-state index contributed by atoms with van der Waals surface area (Å²) in [5, 5.41) is 17.7. The van der Waals surface area contributed by atoms with Crippen molar-refractivity contribution < 1.29 is 27.3 Å². The summed E-state index contributed by atoms with van der Waals surface area (Å²) >= 11 is 0. The molecule has 0 bridgehead atoms. The van der Waals surface area contributed by atoms with Crippen LogP contribution in [0.2, 0.25) is 0 Å². The highest BCUT2D eigenvalue weighted by molar-refractivity contribution is 5.79. The fourth-order valence-corrected chi connectivity index (χ4v) is 5.09. The number of nitrogens with zero attached hydrogens (tertiary/aromatic N) is 3. The summed E-state index contributed by atoms with van der Waals surface area (Å²) in [6.07, 6.45) is -3.05. The van der Waals surface area contributed by atoms with E-state index in [1.807, 2.05) is 12.1 Å². The molecular formula is C26H22F3N3O3. The van der Waals surface area contributed by atoms with E-state index in [0.717, 1.165) is 36.2 Å². The number of aryl methyl sites for hydroxylation is 1. The lowest BCUT2D eigenvalue weighted by atomic mass is 9.87. The molecule has 9 heteroatoms. The minimum atomic E-state index is -4.69. The van der Waals surface area contributed by atoms with Gasteiger partial charge in [-0.1, -0.05) is 58.8 Å². The van der Waals surface area contributed by atoms with Crippen LogP contribution in [0.5, 0.6) is 0 Å². The maximum Gasteiger partial charge on any atom is 0.422 e. The van der Waals surface area contributed by atoms with Crippen molar-refractivity contribution in [1.29, 1.82) is 0 Å². The second-order valence-electron chi connectivity index (χ2n) is 9.11. The van der Waals surface area contributed by atoms with Gasteiger partial charge in [-0.2, -0.15) is 13.2 Å². The molecule has 2 aromatic carbocycles. The molecule has 1 N–H and O–H groups in total. The van der Waals surface area contributed by atoms with Gasteiger partial charge >= 0.3 is 6.18 Å². The molecule has 0 amide bonds. The predicted octanol–water partition coefficient (Wildman–Crippen LogP) is 5.35. The van der Waals surface area contributed by atoms with Crippen LogP contribution in [-0.4, -0.2) is 39.5 Å². The van der Waals surface area contributed by atoms with Crippen molar-refractivity contribution >= 4 is 0 Å². The lowest BCUT2D eigenvalue weighted by molar-refractivity contribution is -0.136. The van der Waals surface area contributed by atoms with Crippen LogP contribution < -0.4 is 0 Å². The Labute approximate surface area is 198 Å². The smallest absolute Gasteiger partial charge is 0.392 e. The van der Waals surface area contributed by atoms with Gasteiger partial charge < -0.3 is 14.2 Å². The SMILES string of the molecule is O[C@H]1CCN(Cc2ccc3c(c2)CCc2c-3noc2-c2noc(-c3ccccc3)c2C(F)(F)F)C1. The number of likely N-dealkylation sites (tertiary alicyclic amines) is 1. The Morgan fingerprint density at radius 1 is 0.971 bits per heavy atom. The number of rotatable bonds is 4. The molecule has 0 saturated carbocycles. The molecule has 4 aromatic rings. The number of aliphatic hydroxyl groups is 1. The molecule has 0 spiro atoms. The zero-order chi connectivity index (χ0) is 24.2. The average molecular weight is 481 g/mol. The first-order chi connectivity index (χ1) is 16.9. The summed E-state index contributed by atoms with van der Waals surface area (Å²) in [5.74, 6) is -0.342. The normalized spacial score (nSPS) is 18.0. The van der Waals surface area contributed by atoms with Crippen molar-refractivity contribution in [3.05, 3.63) is 70.8 Å². The predicted molar refractivity (Wildman–Crippen MR) is 121 cm³/mol. The van der Waals surface area contributed by atoms with E-state index in [4.69, 9.17) is 9.05 Å². The quantitative estimate of drug-likeness (QED) is 0.424. The van der Waals surface area contributed by atoms with Crippen molar-refractivity contribution in [3.8, 4) is 34.0 Å². The Morgan fingerprint density at radius 3 is 2.49 bits per heavy atom. The summed E-state index contributed by atoms with van der Waals surface area (Å²) in [6, 6.07) is 14.2. The molecule has 1 aliphatic heterocycles. The van der Waals surface area contributed by atoms with Crippen LogP contribution in [0.4, 0.5) is 13.2 Å². The molecule has 0 unspecified atom stereocenters. The van der Waals surface area contributed by atoms with Gasteiger partial charge in [0.05, 0.1) is 6.10 Å². The second-order valence-corrected chi connectivity index (χ2v) is 9.11. The van der Waals surface area contributed by atoms with Crippen LogP contribution in [0.25, 0.3) is 34.0 Å². The highest BCUT2D eigenvalue weighted by Gasteiger charge is 2.43. The fraction of sp³-hybridized carbons (Fsp3) is 0.308. The maximum atomic E-state index is 14.1. The molecule has 2 aliphatic rings. The van der Waals surface area contributed by atoms with Gasteiger partial charge in [-0.3, -0.25) is 4.90 Å². The van der Waals surface area contributed by atoms with Crippen molar-refractivity contribution in [1.82, 2.24) is 15.2 Å². The molecule has 6 nitrogen and oxygen atoms in total. The second kappa shape index (κ2) is 8.35. The van der Waals surface area contributed by atoms with Gasteiger partial charge in [0.25, 0.3) is 0 Å². The van der Waals surface area contributed by atoms with Gasteiger partial charge in [0.2, 0.25) is 0 Å². The monoisotopic (exact) mass is 481 g/mol. The van der Waals surface area contributed by atoms with E-state index in [-0.39, 0.29) is 28.9 Å². The van der Waals surface area contributed by atoms with Gasteiger partial charge in [-0.15, -0.1) is 0 Å². The summed E-state index contributed by atoms with van der Waals surface area (Å²) in [7, 11) is 0. The number of fused-ring (bicyclic) bond motifs is 3. The molecule has 1 aliphatic carbocycles. The van der Waals surface area contributed by atoms with E-state index in [1.165, 1.54) is 0 Å². The van der Waals surface area contributed by atoms with E-state index < -0.39 is 11.7 Å². The molecule has 3 heterocycles. The van der Waals surface area contributed by atoms with Crippen molar-refractivity contribution in [2.75, 3.05) is 13.1 Å². The Bertz CT molecular complexity index is 1380. The van der Waals surface area contributed by atoms with E-state index in [0.29, 0.717) is 30.6 Å². The molecule has 35 heavy (non-hydrogen) atoms. The molecule has 2 aromatic heterocycles. The number of aliphatic hydroxyl groups excluding tert-OH is 1. The van der Waals surface area contributed by atoms with E-state index >= 15 is 0 Å². The van der Waals surface area contributed by atoms with E-state index in [1.54, 1.807) is 30.3 Å². The Morgan fingerprint density at radius 2 is 1.74 bits per heavy atom. The molecule has 1 saturated heterocycles. The molecular weight excluding hydrogens is 459 g/mol. The third-order valence-corrected chi connectivity index (χ3v) is 6.74. The van der Waals surface area contributed by atoms with Gasteiger partial charge in [-0.25, -0.2) is 0 Å². The zero-order valence-electron chi connectivity index (χ0n) is 18.7. The number of β-amino-alcohol motifs (C(OH)–C–C–N with tert-alkyl or cyclic N) is 1. The third-order valence-electron chi connectivity index (χ3n) is 6.74. The standard InChI is InChI=1S/C26H22F3N3O3/c27-26(28,29)21-23(31-34-24(21)16-4-2-1-3-5-16)25-20-9-7-17-12-15(13-32-11-10-18(33)14-32)6-8-19(17)22(20)30-35-25/h1-6,8,12,18,33H,7,9-11,13-14H2/t18-/m0/s1. The molecule has 180 valence electrons. The number of halogens is 3. The minimum Gasteiger partial charge on any atom is -0.392 e. The Kier molecular flexibility index (Phi) is 5.26. The molecule has 1 atom stereocenters. The number of aromatic nitrogens is 2. The number of hydrogen-bond donors (Lipinski definition) is 1. The van der Waals surface area contributed by atoms with E-state index in [2.05, 4.69) is 21.3 Å². The van der Waals surface area contributed by atoms with Crippen molar-refractivity contribution in [2.45, 2.75) is 38.1 Å². The van der Waals surface area contributed by atoms with Gasteiger partial charge in [0, 0.05) is 36.3 Å². The Hall–Kier alpha value is -3.43. The van der Waals surface area contributed by atoms with E-state index in [9.17, 15) is 18.3 Å². The first kappa shape index (κ1) is 22.1. The average Bonchev–Trinajstić information content (AvgIpc) is 3.57. The first-order valence-corrected chi connectivity index (χ1v) is 11.5. The number of alkyl halides is 3. The molecule has 0 radical (unpaired) electrons. The molecule has 6 rings (SSSR count). The van der Waals surface area contributed by atoms with Crippen LogP contribution >= 0.6 is 0 Å². The molecule has 1 fully saturated rings. The maximum absolute atomic E-state index is 14.1. The van der Waals surface area contributed by atoms with Crippen molar-refractivity contribution in [2.24, 2.45) is 0 Å². The van der Waals surface area contributed by atoms with Gasteiger partial charge in [-0.05, 0) is 30.4 Å². The van der Waals surface area contributed by atoms with Crippen LogP contribution in [0.1, 0.15) is 28.7 Å². The third kappa shape index (κ3) is 3.94. The van der Waals surface area contributed by atoms with Crippen LogP contribution in [-0.2, 0) is 25.6 Å². The number of benzene rings is 2. The topological polar surface area (TPSA) is 75.5 Å². The largest absolute Gasteiger partial charge is 0.422 e. The minimum absolute atomic E-state index is 0.000892. The summed E-state index contributed by atoms with van der Waals surface area (Å²) in [4.78, 5) is 2.21. The summed E-state index contributed by atoms with van der Waals surface area (Å²) < 4.78 is 53.1. The van der Waals surface area contributed by atoms with Crippen LogP contribution in [0.3, 0.4) is 0 Å². The zero-order valence-corrected chi connectivity index (χ0v) is 18.7. The van der Waals surface area contributed by atoms with Gasteiger partial charge in [0.15, 0.2) is 17.2 Å². The van der Waals surface area contributed by atoms with Crippen LogP contribution in [0, 0.1) is 0 Å². The van der Waals surface area contributed by atoms with Crippen molar-refractivity contribution in [3.63, 3.8) is 0 Å². The fourth-order valence-electron chi connectivity index (χ4n) is 5.09. The van der Waals surface area contributed by atoms with Crippen LogP contribution in [0.15, 0.2) is 57.6 Å². The number of hydrogen-bond acceptors (Lipinski definition) is 6. The summed E-state index contributed by atoms with van der Waals surface area (Å²) in [6.45, 7) is 2.27.